The Morgan fingerprint density at radius 3 is 2.47 bits per heavy atom. The molecule has 1 amide bonds. The van der Waals surface area contributed by atoms with Crippen LogP contribution < -0.4 is 5.32 Å². The summed E-state index contributed by atoms with van der Waals surface area (Å²) in [6, 6.07) is -0.0484. The molecule has 2 aliphatic heterocycles. The van der Waals surface area contributed by atoms with E-state index in [2.05, 4.69) is 5.32 Å². The molecular formula is C14H24N2O3. The Labute approximate surface area is 114 Å². The zero-order valence-electron chi connectivity index (χ0n) is 11.7. The number of nitrogens with one attached hydrogen (secondary N) is 1. The zero-order chi connectivity index (χ0) is 13.9. The molecule has 2 saturated heterocycles. The summed E-state index contributed by atoms with van der Waals surface area (Å²) in [7, 11) is 0. The lowest BCUT2D eigenvalue weighted by Gasteiger charge is -2.40. The number of carboxylic acids is 1. The number of carbonyl (C=O) groups is 2. The van der Waals surface area contributed by atoms with Gasteiger partial charge >= 0.3 is 5.97 Å². The second-order valence-electron chi connectivity index (χ2n) is 5.77. The van der Waals surface area contributed by atoms with E-state index in [1.54, 1.807) is 0 Å². The van der Waals surface area contributed by atoms with E-state index in [4.69, 9.17) is 0 Å². The minimum atomic E-state index is -0.710. The van der Waals surface area contributed by atoms with Gasteiger partial charge in [-0.05, 0) is 38.6 Å². The molecule has 2 aliphatic rings. The van der Waals surface area contributed by atoms with Crippen molar-refractivity contribution in [2.24, 2.45) is 5.41 Å². The second kappa shape index (κ2) is 5.90. The van der Waals surface area contributed by atoms with Gasteiger partial charge in [0.25, 0.3) is 0 Å². The lowest BCUT2D eigenvalue weighted by atomic mass is 9.76. The highest BCUT2D eigenvalue weighted by Gasteiger charge is 2.41. The molecule has 2 N–H and O–H groups in total. The topological polar surface area (TPSA) is 69.6 Å². The molecule has 2 heterocycles. The number of hydrogen-bond donors (Lipinski definition) is 2. The van der Waals surface area contributed by atoms with E-state index in [1.165, 1.54) is 0 Å². The lowest BCUT2D eigenvalue weighted by Crippen LogP contribution is -2.53. The van der Waals surface area contributed by atoms with Gasteiger partial charge in [-0.3, -0.25) is 9.59 Å². The number of rotatable bonds is 3. The Morgan fingerprint density at radius 1 is 1.32 bits per heavy atom. The van der Waals surface area contributed by atoms with Crippen LogP contribution in [0.2, 0.25) is 0 Å². The van der Waals surface area contributed by atoms with Crippen LogP contribution >= 0.6 is 0 Å². The van der Waals surface area contributed by atoms with Gasteiger partial charge in [0.15, 0.2) is 0 Å². The summed E-state index contributed by atoms with van der Waals surface area (Å²) in [6.45, 7) is 4.00. The quantitative estimate of drug-likeness (QED) is 0.808. The number of carbonyl (C=O) groups excluding carboxylic acids is 1. The van der Waals surface area contributed by atoms with E-state index in [0.717, 1.165) is 25.8 Å². The highest BCUT2D eigenvalue weighted by atomic mass is 16.4. The fourth-order valence-electron chi connectivity index (χ4n) is 3.16. The van der Waals surface area contributed by atoms with Gasteiger partial charge in [0.1, 0.15) is 0 Å². The Kier molecular flexibility index (Phi) is 4.45. The van der Waals surface area contributed by atoms with Crippen LogP contribution in [0.1, 0.15) is 45.4 Å². The average Bonchev–Trinajstić information content (AvgIpc) is 2.47. The van der Waals surface area contributed by atoms with Crippen LogP contribution in [-0.2, 0) is 9.59 Å². The first-order chi connectivity index (χ1) is 9.09. The van der Waals surface area contributed by atoms with Crippen molar-refractivity contribution in [2.75, 3.05) is 19.6 Å². The maximum atomic E-state index is 12.3. The molecular weight excluding hydrogens is 244 g/mol. The molecule has 0 aromatic rings. The maximum absolute atomic E-state index is 12.3. The summed E-state index contributed by atoms with van der Waals surface area (Å²) in [6.07, 6.45) is 4.96. The fourth-order valence-corrected chi connectivity index (χ4v) is 3.16. The first-order valence-corrected chi connectivity index (χ1v) is 7.34. The van der Waals surface area contributed by atoms with Crippen LogP contribution in [0.4, 0.5) is 0 Å². The van der Waals surface area contributed by atoms with E-state index < -0.39 is 11.4 Å². The average molecular weight is 268 g/mol. The summed E-state index contributed by atoms with van der Waals surface area (Å²) in [4.78, 5) is 25.6. The van der Waals surface area contributed by atoms with E-state index in [0.29, 0.717) is 32.4 Å². The molecule has 2 fully saturated rings. The van der Waals surface area contributed by atoms with Crippen LogP contribution in [0, 0.1) is 5.41 Å². The van der Waals surface area contributed by atoms with E-state index in [-0.39, 0.29) is 11.9 Å². The van der Waals surface area contributed by atoms with Crippen molar-refractivity contribution in [2.45, 2.75) is 51.5 Å². The minimum absolute atomic E-state index is 0.0484. The van der Waals surface area contributed by atoms with Crippen molar-refractivity contribution in [3.8, 4) is 0 Å². The summed E-state index contributed by atoms with van der Waals surface area (Å²) >= 11 is 0. The third-order valence-electron chi connectivity index (χ3n) is 4.77. The largest absolute Gasteiger partial charge is 0.481 e. The van der Waals surface area contributed by atoms with Crippen LogP contribution in [0.5, 0.6) is 0 Å². The summed E-state index contributed by atoms with van der Waals surface area (Å²) in [5.41, 5.74) is -0.614. The van der Waals surface area contributed by atoms with Gasteiger partial charge in [-0.1, -0.05) is 13.3 Å². The predicted octanol–water partition coefficient (Wildman–Crippen LogP) is 1.23. The number of piperidine rings is 2. The Bertz CT molecular complexity index is 343. The van der Waals surface area contributed by atoms with Crippen molar-refractivity contribution in [3.05, 3.63) is 0 Å². The fraction of sp³-hybridized carbons (Fsp3) is 0.857. The van der Waals surface area contributed by atoms with Gasteiger partial charge in [-0.2, -0.15) is 0 Å². The smallest absolute Gasteiger partial charge is 0.309 e. The van der Waals surface area contributed by atoms with Crippen LogP contribution in [0.3, 0.4) is 0 Å². The van der Waals surface area contributed by atoms with Gasteiger partial charge in [-0.25, -0.2) is 0 Å². The Morgan fingerprint density at radius 2 is 2.00 bits per heavy atom. The number of aliphatic carboxylic acids is 1. The number of nitrogens with zero attached hydrogens (tertiary/aromatic N) is 1. The molecule has 0 saturated carbocycles. The highest BCUT2D eigenvalue weighted by Crippen LogP contribution is 2.35. The maximum Gasteiger partial charge on any atom is 0.309 e. The van der Waals surface area contributed by atoms with E-state index in [9.17, 15) is 14.7 Å². The predicted molar refractivity (Wildman–Crippen MR) is 71.8 cm³/mol. The van der Waals surface area contributed by atoms with E-state index in [1.807, 2.05) is 11.8 Å². The minimum Gasteiger partial charge on any atom is -0.481 e. The molecule has 0 aliphatic carbocycles. The molecule has 5 nitrogen and oxygen atoms in total. The van der Waals surface area contributed by atoms with Crippen molar-refractivity contribution >= 4 is 11.9 Å². The van der Waals surface area contributed by atoms with Crippen LogP contribution in [0.25, 0.3) is 0 Å². The number of hydrogen-bond acceptors (Lipinski definition) is 3. The summed E-state index contributed by atoms with van der Waals surface area (Å²) < 4.78 is 0. The molecule has 5 heteroatoms. The molecule has 0 radical (unpaired) electrons. The van der Waals surface area contributed by atoms with Gasteiger partial charge in [0, 0.05) is 13.1 Å². The Balaban J connectivity index is 1.92. The van der Waals surface area contributed by atoms with Gasteiger partial charge in [0.05, 0.1) is 11.5 Å². The summed E-state index contributed by atoms with van der Waals surface area (Å²) in [5.74, 6) is -0.548. The Hall–Kier alpha value is -1.10. The molecule has 2 rings (SSSR count). The molecule has 0 aromatic heterocycles. The molecule has 0 spiro atoms. The number of carboxylic acid groups (broad SMARTS) is 1. The van der Waals surface area contributed by atoms with Crippen LogP contribution in [0.15, 0.2) is 0 Å². The first-order valence-electron chi connectivity index (χ1n) is 7.34. The van der Waals surface area contributed by atoms with Crippen LogP contribution in [-0.4, -0.2) is 47.6 Å². The SMILES string of the molecule is CCC1(C(=O)O)CCN(C(=O)[C@@H]2CCCCN2)CC1. The van der Waals surface area contributed by atoms with Crippen molar-refractivity contribution < 1.29 is 14.7 Å². The third-order valence-corrected chi connectivity index (χ3v) is 4.77. The molecule has 0 bridgehead atoms. The normalized spacial score (nSPS) is 27.0. The lowest BCUT2D eigenvalue weighted by molar-refractivity contribution is -0.155. The number of likely N-dealkylation sites (tertiary alicyclic amines) is 1. The van der Waals surface area contributed by atoms with Crippen molar-refractivity contribution in [1.29, 1.82) is 0 Å². The molecule has 0 aromatic carbocycles. The monoisotopic (exact) mass is 268 g/mol. The van der Waals surface area contributed by atoms with E-state index >= 15 is 0 Å². The molecule has 108 valence electrons. The third kappa shape index (κ3) is 2.91. The van der Waals surface area contributed by atoms with Gasteiger partial charge in [-0.15, -0.1) is 0 Å². The molecule has 19 heavy (non-hydrogen) atoms. The van der Waals surface area contributed by atoms with Gasteiger partial charge in [0.2, 0.25) is 5.91 Å². The van der Waals surface area contributed by atoms with Gasteiger partial charge < -0.3 is 15.3 Å². The highest BCUT2D eigenvalue weighted by molar-refractivity contribution is 5.82. The number of amides is 1. The molecule has 1 atom stereocenters. The molecule has 0 unspecified atom stereocenters. The summed E-state index contributed by atoms with van der Waals surface area (Å²) in [5, 5.41) is 12.6. The standard InChI is InChI=1S/C14H24N2O3/c1-2-14(13(18)19)6-9-16(10-7-14)12(17)11-5-3-4-8-15-11/h11,15H,2-10H2,1H3,(H,18,19)/t11-/m0/s1. The van der Waals surface area contributed by atoms with Crippen molar-refractivity contribution in [1.82, 2.24) is 10.2 Å². The van der Waals surface area contributed by atoms with Crippen molar-refractivity contribution in [3.63, 3.8) is 0 Å². The second-order valence-corrected chi connectivity index (χ2v) is 5.77. The zero-order valence-corrected chi connectivity index (χ0v) is 11.7. The first kappa shape index (κ1) is 14.3.